The van der Waals surface area contributed by atoms with Gasteiger partial charge in [-0.2, -0.15) is 0 Å². The molecule has 1 saturated heterocycles. The van der Waals surface area contributed by atoms with Gasteiger partial charge in [0.25, 0.3) is 0 Å². The van der Waals surface area contributed by atoms with Crippen LogP contribution < -0.4 is 0 Å². The summed E-state index contributed by atoms with van der Waals surface area (Å²) in [7, 11) is -0.128. The van der Waals surface area contributed by atoms with Crippen molar-refractivity contribution >= 4 is 7.12 Å². The van der Waals surface area contributed by atoms with Gasteiger partial charge in [0.2, 0.25) is 0 Å². The second-order valence-electron chi connectivity index (χ2n) is 8.25. The monoisotopic (exact) mass is 266 g/mol. The molecule has 4 heteroatoms. The molecule has 3 aliphatic carbocycles. The minimum Gasteiger partial charge on any atom is -0.405 e. The molecule has 19 heavy (non-hydrogen) atoms. The molecule has 1 N–H and O–H groups in total. The molecule has 4 fully saturated rings. The van der Waals surface area contributed by atoms with Gasteiger partial charge in [0, 0.05) is 0 Å². The Bertz CT molecular complexity index is 376. The Kier molecular flexibility index (Phi) is 2.92. The molecule has 3 nitrogen and oxygen atoms in total. The maximum Gasteiger partial charge on any atom is 0.457 e. The molecule has 1 heterocycles. The van der Waals surface area contributed by atoms with Crippen molar-refractivity contribution in [3.05, 3.63) is 0 Å². The fraction of sp³-hybridized carbons (Fsp3) is 1.00. The lowest BCUT2D eigenvalue weighted by Gasteiger charge is -2.64. The van der Waals surface area contributed by atoms with E-state index in [4.69, 9.17) is 9.31 Å². The van der Waals surface area contributed by atoms with Crippen LogP contribution in [0.3, 0.4) is 0 Å². The number of rotatable bonds is 3. The van der Waals surface area contributed by atoms with Gasteiger partial charge >= 0.3 is 7.12 Å². The molecule has 2 bridgehead atoms. The first kappa shape index (κ1) is 13.9. The van der Waals surface area contributed by atoms with Crippen LogP contribution in [0, 0.1) is 17.3 Å². The van der Waals surface area contributed by atoms with Crippen molar-refractivity contribution in [2.24, 2.45) is 17.3 Å². The summed E-state index contributed by atoms with van der Waals surface area (Å²) >= 11 is 0. The minimum absolute atomic E-state index is 0.109. The smallest absolute Gasteiger partial charge is 0.405 e. The van der Waals surface area contributed by atoms with Gasteiger partial charge in [-0.1, -0.05) is 13.8 Å². The molecule has 0 aromatic carbocycles. The van der Waals surface area contributed by atoms with Crippen molar-refractivity contribution in [3.8, 4) is 0 Å². The third kappa shape index (κ3) is 2.07. The molecule has 1 unspecified atom stereocenters. The van der Waals surface area contributed by atoms with Crippen LogP contribution in [0.4, 0.5) is 0 Å². The highest BCUT2D eigenvalue weighted by Crippen LogP contribution is 2.65. The second-order valence-corrected chi connectivity index (χ2v) is 8.25. The summed E-state index contributed by atoms with van der Waals surface area (Å²) in [5.74, 6) is 1.42. The Morgan fingerprint density at radius 3 is 2.53 bits per heavy atom. The summed E-state index contributed by atoms with van der Waals surface area (Å²) in [6, 6.07) is 0. The highest BCUT2D eigenvalue weighted by molar-refractivity contribution is 6.45. The van der Waals surface area contributed by atoms with Crippen LogP contribution in [0.25, 0.3) is 0 Å². The number of hydrogen-bond donors (Lipinski definition) is 1. The van der Waals surface area contributed by atoms with Gasteiger partial charge in [-0.25, -0.2) is 0 Å². The summed E-state index contributed by atoms with van der Waals surface area (Å²) in [6.07, 6.45) is 4.20. The number of hydrogen-bond acceptors (Lipinski definition) is 3. The lowest BCUT2D eigenvalue weighted by atomic mass is 9.43. The Morgan fingerprint density at radius 2 is 1.95 bits per heavy atom. The SMILES string of the molecule is CC(C)(O)CCB1OC2C[C@@H]3C[C@@H](C3(C)C)[C@]2(C)O1. The summed E-state index contributed by atoms with van der Waals surface area (Å²) in [5, 5.41) is 9.83. The van der Waals surface area contributed by atoms with Gasteiger partial charge in [-0.3, -0.25) is 0 Å². The van der Waals surface area contributed by atoms with Crippen molar-refractivity contribution in [2.45, 2.75) is 77.5 Å². The summed E-state index contributed by atoms with van der Waals surface area (Å²) < 4.78 is 12.4. The van der Waals surface area contributed by atoms with Crippen LogP contribution in [0.15, 0.2) is 0 Å². The standard InChI is InChI=1S/C15H27BO3/c1-13(2,17)6-7-16-18-12-9-10-8-11(14(10,3)4)15(12,5)19-16/h10-12,17H,6-9H2,1-5H3/t10-,11-,12?,15-/m0/s1. The van der Waals surface area contributed by atoms with Crippen LogP contribution in [0.1, 0.15) is 53.9 Å². The van der Waals surface area contributed by atoms with E-state index in [9.17, 15) is 5.11 Å². The zero-order valence-electron chi connectivity index (χ0n) is 12.9. The maximum atomic E-state index is 9.83. The fourth-order valence-corrected chi connectivity index (χ4v) is 4.55. The third-order valence-corrected chi connectivity index (χ3v) is 5.99. The zero-order chi connectivity index (χ0) is 14.1. The highest BCUT2D eigenvalue weighted by Gasteiger charge is 2.67. The van der Waals surface area contributed by atoms with Crippen molar-refractivity contribution < 1.29 is 14.4 Å². The second kappa shape index (κ2) is 3.99. The van der Waals surface area contributed by atoms with Gasteiger partial charge < -0.3 is 14.4 Å². The van der Waals surface area contributed by atoms with Gasteiger partial charge in [0.15, 0.2) is 0 Å². The van der Waals surface area contributed by atoms with E-state index >= 15 is 0 Å². The largest absolute Gasteiger partial charge is 0.457 e. The molecule has 4 atom stereocenters. The predicted octanol–water partition coefficient (Wildman–Crippen LogP) is 2.88. The maximum absolute atomic E-state index is 9.83. The molecule has 0 aromatic heterocycles. The van der Waals surface area contributed by atoms with Crippen LogP contribution in [0.2, 0.25) is 6.32 Å². The number of aliphatic hydroxyl groups is 1. The van der Waals surface area contributed by atoms with Gasteiger partial charge in [0.1, 0.15) is 0 Å². The van der Waals surface area contributed by atoms with E-state index in [0.717, 1.165) is 25.1 Å². The topological polar surface area (TPSA) is 38.7 Å². The Hall–Kier alpha value is -0.0551. The molecular formula is C15H27BO3. The van der Waals surface area contributed by atoms with Crippen molar-refractivity contribution in [2.75, 3.05) is 0 Å². The first-order chi connectivity index (χ1) is 8.63. The van der Waals surface area contributed by atoms with Crippen LogP contribution in [-0.4, -0.2) is 29.5 Å². The molecule has 108 valence electrons. The Morgan fingerprint density at radius 1 is 1.26 bits per heavy atom. The fourth-order valence-electron chi connectivity index (χ4n) is 4.55. The molecule has 0 spiro atoms. The molecular weight excluding hydrogens is 239 g/mol. The summed E-state index contributed by atoms with van der Waals surface area (Å²) in [5.41, 5.74) is -0.342. The van der Waals surface area contributed by atoms with Gasteiger partial charge in [-0.05, 0) is 63.6 Å². The Labute approximate surface area is 117 Å². The van der Waals surface area contributed by atoms with E-state index in [0.29, 0.717) is 11.3 Å². The lowest BCUT2D eigenvalue weighted by molar-refractivity contribution is -0.199. The van der Waals surface area contributed by atoms with E-state index in [1.807, 2.05) is 13.8 Å². The molecule has 3 saturated carbocycles. The average molecular weight is 266 g/mol. The van der Waals surface area contributed by atoms with Gasteiger partial charge in [-0.15, -0.1) is 0 Å². The van der Waals surface area contributed by atoms with Crippen molar-refractivity contribution in [1.29, 1.82) is 0 Å². The van der Waals surface area contributed by atoms with E-state index in [1.54, 1.807) is 0 Å². The molecule has 0 aromatic rings. The summed E-state index contributed by atoms with van der Waals surface area (Å²) in [6.45, 7) is 10.7. The van der Waals surface area contributed by atoms with E-state index in [1.165, 1.54) is 6.42 Å². The van der Waals surface area contributed by atoms with Crippen LogP contribution >= 0.6 is 0 Å². The molecule has 0 radical (unpaired) electrons. The molecule has 4 aliphatic rings. The quantitative estimate of drug-likeness (QED) is 0.798. The van der Waals surface area contributed by atoms with Crippen LogP contribution in [-0.2, 0) is 9.31 Å². The first-order valence-electron chi connectivity index (χ1n) is 7.68. The normalized spacial score (nSPS) is 43.9. The van der Waals surface area contributed by atoms with Gasteiger partial charge in [0.05, 0.1) is 17.3 Å². The zero-order valence-corrected chi connectivity index (χ0v) is 12.9. The van der Waals surface area contributed by atoms with E-state index in [-0.39, 0.29) is 18.8 Å². The van der Waals surface area contributed by atoms with E-state index in [2.05, 4.69) is 20.8 Å². The molecule has 0 amide bonds. The highest BCUT2D eigenvalue weighted by atomic mass is 16.7. The summed E-state index contributed by atoms with van der Waals surface area (Å²) in [4.78, 5) is 0. The predicted molar refractivity (Wildman–Crippen MR) is 75.8 cm³/mol. The molecule has 1 aliphatic heterocycles. The van der Waals surface area contributed by atoms with E-state index < -0.39 is 5.60 Å². The molecule has 4 rings (SSSR count). The average Bonchev–Trinajstić information content (AvgIpc) is 2.61. The third-order valence-electron chi connectivity index (χ3n) is 5.99. The van der Waals surface area contributed by atoms with Crippen LogP contribution in [0.5, 0.6) is 0 Å². The van der Waals surface area contributed by atoms with Crippen molar-refractivity contribution in [1.82, 2.24) is 0 Å². The Balaban J connectivity index is 1.67. The minimum atomic E-state index is -0.636. The lowest BCUT2D eigenvalue weighted by Crippen LogP contribution is -2.65. The van der Waals surface area contributed by atoms with Crippen molar-refractivity contribution in [3.63, 3.8) is 0 Å². The first-order valence-corrected chi connectivity index (χ1v) is 7.68.